The van der Waals surface area contributed by atoms with Crippen LogP contribution < -0.4 is 5.73 Å². The molecule has 0 saturated heterocycles. The quantitative estimate of drug-likeness (QED) is 0.797. The largest absolute Gasteiger partial charge is 0.324 e. The van der Waals surface area contributed by atoms with Gasteiger partial charge in [0.2, 0.25) is 0 Å². The van der Waals surface area contributed by atoms with Gasteiger partial charge in [-0.3, -0.25) is 0 Å². The molecule has 0 bridgehead atoms. The lowest BCUT2D eigenvalue weighted by Gasteiger charge is -2.21. The van der Waals surface area contributed by atoms with Crippen molar-refractivity contribution in [3.8, 4) is 0 Å². The molecule has 1 aliphatic carbocycles. The van der Waals surface area contributed by atoms with Gasteiger partial charge in [-0.15, -0.1) is 0 Å². The first-order chi connectivity index (χ1) is 7.66. The van der Waals surface area contributed by atoms with Crippen LogP contribution in [-0.4, -0.2) is 6.04 Å². The van der Waals surface area contributed by atoms with Gasteiger partial charge in [0.1, 0.15) is 0 Å². The van der Waals surface area contributed by atoms with Gasteiger partial charge in [-0.05, 0) is 37.0 Å². The van der Waals surface area contributed by atoms with Crippen LogP contribution in [0.5, 0.6) is 0 Å². The third-order valence-electron chi connectivity index (χ3n) is 3.00. The van der Waals surface area contributed by atoms with Crippen LogP contribution in [0, 0.1) is 0 Å². The summed E-state index contributed by atoms with van der Waals surface area (Å²) < 4.78 is 0. The van der Waals surface area contributed by atoms with E-state index in [0.29, 0.717) is 10.0 Å². The molecule has 1 aromatic carbocycles. The van der Waals surface area contributed by atoms with E-state index in [-0.39, 0.29) is 6.04 Å². The van der Waals surface area contributed by atoms with Gasteiger partial charge in [-0.1, -0.05) is 47.3 Å². The average molecular weight is 256 g/mol. The van der Waals surface area contributed by atoms with E-state index in [1.54, 1.807) is 0 Å². The molecule has 1 aromatic rings. The van der Waals surface area contributed by atoms with Gasteiger partial charge >= 0.3 is 0 Å². The van der Waals surface area contributed by atoms with Crippen molar-refractivity contribution in [3.63, 3.8) is 0 Å². The van der Waals surface area contributed by atoms with Gasteiger partial charge in [-0.2, -0.15) is 0 Å². The first kappa shape index (κ1) is 12.0. The molecule has 0 aliphatic heterocycles. The van der Waals surface area contributed by atoms with Gasteiger partial charge in [0.15, 0.2) is 0 Å². The summed E-state index contributed by atoms with van der Waals surface area (Å²) in [4.78, 5) is 0. The minimum atomic E-state index is 0.211. The second kappa shape index (κ2) is 5.22. The molecule has 1 fully saturated rings. The van der Waals surface area contributed by atoms with E-state index in [9.17, 15) is 0 Å². The highest BCUT2D eigenvalue weighted by molar-refractivity contribution is 6.42. The Labute approximate surface area is 106 Å². The summed E-state index contributed by atoms with van der Waals surface area (Å²) in [6.07, 6.45) is 6.81. The number of benzene rings is 1. The molecule has 1 nitrogen and oxygen atoms in total. The second-order valence-corrected chi connectivity index (χ2v) is 5.06. The minimum absolute atomic E-state index is 0.211. The minimum Gasteiger partial charge on any atom is -0.324 e. The Kier molecular flexibility index (Phi) is 3.91. The Morgan fingerprint density at radius 3 is 2.69 bits per heavy atom. The standard InChI is InChI=1S/C13H15Cl2N/c14-11-6-5-9(8-12(11)15)7-10-3-1-2-4-13(10)16/h5-8,13H,1-4,16H2. The SMILES string of the molecule is NC1CCCCC1=Cc1ccc(Cl)c(Cl)c1. The lowest BCUT2D eigenvalue weighted by atomic mass is 9.89. The highest BCUT2D eigenvalue weighted by atomic mass is 35.5. The van der Waals surface area contributed by atoms with Crippen molar-refractivity contribution >= 4 is 29.3 Å². The molecular weight excluding hydrogens is 241 g/mol. The summed E-state index contributed by atoms with van der Waals surface area (Å²) >= 11 is 11.9. The summed E-state index contributed by atoms with van der Waals surface area (Å²) in [5, 5.41) is 1.19. The fraction of sp³-hybridized carbons (Fsp3) is 0.385. The van der Waals surface area contributed by atoms with Crippen molar-refractivity contribution < 1.29 is 0 Å². The van der Waals surface area contributed by atoms with Crippen LogP contribution in [-0.2, 0) is 0 Å². The fourth-order valence-electron chi connectivity index (χ4n) is 2.06. The number of hydrogen-bond donors (Lipinski definition) is 1. The molecule has 0 spiro atoms. The molecule has 3 heteroatoms. The molecule has 0 heterocycles. The number of hydrogen-bond acceptors (Lipinski definition) is 1. The van der Waals surface area contributed by atoms with E-state index in [1.807, 2.05) is 18.2 Å². The van der Waals surface area contributed by atoms with E-state index in [2.05, 4.69) is 6.08 Å². The zero-order valence-corrected chi connectivity index (χ0v) is 10.6. The first-order valence-corrected chi connectivity index (χ1v) is 6.33. The van der Waals surface area contributed by atoms with Gasteiger partial charge in [-0.25, -0.2) is 0 Å². The van der Waals surface area contributed by atoms with Crippen molar-refractivity contribution in [2.75, 3.05) is 0 Å². The molecule has 1 aliphatic rings. The molecule has 16 heavy (non-hydrogen) atoms. The zero-order chi connectivity index (χ0) is 11.5. The predicted molar refractivity (Wildman–Crippen MR) is 70.9 cm³/mol. The van der Waals surface area contributed by atoms with Crippen molar-refractivity contribution in [1.29, 1.82) is 0 Å². The molecular formula is C13H15Cl2N. The number of rotatable bonds is 1. The molecule has 1 atom stereocenters. The van der Waals surface area contributed by atoms with Crippen molar-refractivity contribution in [2.24, 2.45) is 5.73 Å². The molecule has 0 aromatic heterocycles. The summed E-state index contributed by atoms with van der Waals surface area (Å²) in [5.74, 6) is 0. The summed E-state index contributed by atoms with van der Waals surface area (Å²) in [5.41, 5.74) is 8.48. The fourth-order valence-corrected chi connectivity index (χ4v) is 2.37. The lowest BCUT2D eigenvalue weighted by molar-refractivity contribution is 0.540. The average Bonchev–Trinajstić information content (AvgIpc) is 2.27. The van der Waals surface area contributed by atoms with Crippen LogP contribution in [0.4, 0.5) is 0 Å². The maximum atomic E-state index is 6.07. The van der Waals surface area contributed by atoms with Gasteiger partial charge < -0.3 is 5.73 Å². The number of nitrogens with two attached hydrogens (primary N) is 1. The van der Waals surface area contributed by atoms with Crippen molar-refractivity contribution in [2.45, 2.75) is 31.7 Å². The molecule has 2 N–H and O–H groups in total. The molecule has 0 amide bonds. The van der Waals surface area contributed by atoms with Crippen LogP contribution in [0.1, 0.15) is 31.2 Å². The molecule has 1 unspecified atom stereocenters. The van der Waals surface area contributed by atoms with Crippen LogP contribution in [0.15, 0.2) is 23.8 Å². The Balaban J connectivity index is 2.24. The van der Waals surface area contributed by atoms with E-state index >= 15 is 0 Å². The maximum Gasteiger partial charge on any atom is 0.0598 e. The molecule has 0 radical (unpaired) electrons. The topological polar surface area (TPSA) is 26.0 Å². The smallest absolute Gasteiger partial charge is 0.0598 e. The number of halogens is 2. The molecule has 1 saturated carbocycles. The highest BCUT2D eigenvalue weighted by Gasteiger charge is 2.14. The van der Waals surface area contributed by atoms with Gasteiger partial charge in [0, 0.05) is 6.04 Å². The Morgan fingerprint density at radius 1 is 1.19 bits per heavy atom. The molecule has 86 valence electrons. The van der Waals surface area contributed by atoms with Gasteiger partial charge in [0.25, 0.3) is 0 Å². The third kappa shape index (κ3) is 2.79. The van der Waals surface area contributed by atoms with Crippen LogP contribution >= 0.6 is 23.2 Å². The van der Waals surface area contributed by atoms with Crippen LogP contribution in [0.3, 0.4) is 0 Å². The zero-order valence-electron chi connectivity index (χ0n) is 9.05. The Morgan fingerprint density at radius 2 is 2.00 bits per heavy atom. The summed E-state index contributed by atoms with van der Waals surface area (Å²) in [6.45, 7) is 0. The first-order valence-electron chi connectivity index (χ1n) is 5.58. The third-order valence-corrected chi connectivity index (χ3v) is 3.74. The second-order valence-electron chi connectivity index (χ2n) is 4.25. The van der Waals surface area contributed by atoms with E-state index in [0.717, 1.165) is 18.4 Å². The monoisotopic (exact) mass is 255 g/mol. The van der Waals surface area contributed by atoms with Gasteiger partial charge in [0.05, 0.1) is 10.0 Å². The predicted octanol–water partition coefficient (Wildman–Crippen LogP) is 4.28. The normalized spacial score (nSPS) is 23.7. The molecule has 2 rings (SSSR count). The maximum absolute atomic E-state index is 6.07. The van der Waals surface area contributed by atoms with E-state index in [1.165, 1.54) is 18.4 Å². The highest BCUT2D eigenvalue weighted by Crippen LogP contribution is 2.27. The van der Waals surface area contributed by atoms with Crippen LogP contribution in [0.2, 0.25) is 10.0 Å². The van der Waals surface area contributed by atoms with Crippen molar-refractivity contribution in [1.82, 2.24) is 0 Å². The summed E-state index contributed by atoms with van der Waals surface area (Å²) in [7, 11) is 0. The Hall–Kier alpha value is -0.500. The lowest BCUT2D eigenvalue weighted by Crippen LogP contribution is -2.25. The van der Waals surface area contributed by atoms with E-state index in [4.69, 9.17) is 28.9 Å². The van der Waals surface area contributed by atoms with E-state index < -0.39 is 0 Å². The van der Waals surface area contributed by atoms with Crippen molar-refractivity contribution in [3.05, 3.63) is 39.4 Å². The van der Waals surface area contributed by atoms with Crippen LogP contribution in [0.25, 0.3) is 6.08 Å². The Bertz CT molecular complexity index is 412. The summed E-state index contributed by atoms with van der Waals surface area (Å²) in [6, 6.07) is 5.90.